The molecule has 0 spiro atoms. The van der Waals surface area contributed by atoms with Gasteiger partial charge >= 0.3 is 5.69 Å². The van der Waals surface area contributed by atoms with E-state index in [4.69, 9.17) is 9.47 Å². The van der Waals surface area contributed by atoms with E-state index in [2.05, 4.69) is 34.6 Å². The molecule has 1 fully saturated rings. The first-order valence-electron chi connectivity index (χ1n) is 12.6. The Morgan fingerprint density at radius 2 is 1.55 bits per heavy atom. The van der Waals surface area contributed by atoms with Crippen LogP contribution < -0.4 is 21.3 Å². The number of aliphatic hydroxyl groups is 1. The molecule has 1 aliphatic heterocycles. The Bertz CT molecular complexity index is 1440. The minimum absolute atomic E-state index is 0.226. The molecule has 8 heteroatoms. The topological polar surface area (TPSA) is 106 Å². The summed E-state index contributed by atoms with van der Waals surface area (Å²) in [5, 5.41) is 14.7. The fourth-order valence-corrected chi connectivity index (χ4v) is 5.15. The van der Waals surface area contributed by atoms with E-state index in [1.165, 1.54) is 10.8 Å². The second-order valence-corrected chi connectivity index (χ2v) is 9.50. The minimum Gasteiger partial charge on any atom is -0.497 e. The molecule has 3 atom stereocenters. The Balaban J connectivity index is 1.52. The largest absolute Gasteiger partial charge is 0.497 e. The minimum atomic E-state index is -0.813. The lowest BCUT2D eigenvalue weighted by molar-refractivity contribution is -0.0213. The van der Waals surface area contributed by atoms with Gasteiger partial charge in [-0.2, -0.15) is 0 Å². The average Bonchev–Trinajstić information content (AvgIpc) is 3.32. The lowest BCUT2D eigenvalue weighted by Crippen LogP contribution is -2.49. The number of hydrogen-bond donors (Lipinski definition) is 3. The zero-order chi connectivity index (χ0) is 26.7. The summed E-state index contributed by atoms with van der Waals surface area (Å²) in [6.07, 6.45) is -0.395. The van der Waals surface area contributed by atoms with E-state index in [9.17, 15) is 14.7 Å². The normalized spacial score (nSPS) is 19.4. The van der Waals surface area contributed by atoms with Crippen LogP contribution in [0.1, 0.15) is 34.9 Å². The molecule has 0 saturated carbocycles. The lowest BCUT2D eigenvalue weighted by atomic mass is 9.77. The third-order valence-electron chi connectivity index (χ3n) is 7.17. The summed E-state index contributed by atoms with van der Waals surface area (Å²) in [6.45, 7) is 1.92. The third kappa shape index (κ3) is 4.81. The van der Waals surface area contributed by atoms with Gasteiger partial charge in [0.25, 0.3) is 5.56 Å². The first kappa shape index (κ1) is 25.7. The Hall–Kier alpha value is -3.98. The number of methoxy groups -OCH3 is 1. The average molecular weight is 514 g/mol. The van der Waals surface area contributed by atoms with E-state index in [1.54, 1.807) is 14.0 Å². The van der Waals surface area contributed by atoms with Crippen molar-refractivity contribution in [3.63, 3.8) is 0 Å². The second-order valence-electron chi connectivity index (χ2n) is 9.50. The van der Waals surface area contributed by atoms with Gasteiger partial charge in [-0.3, -0.25) is 19.7 Å². The van der Waals surface area contributed by atoms with E-state index in [0.29, 0.717) is 12.1 Å². The van der Waals surface area contributed by atoms with Crippen molar-refractivity contribution >= 4 is 0 Å². The SMILES string of the molecule is COc1ccc(C(NC[C@H]2O[C@@H](n3cc(C)c(=O)[nH]c3=O)C[C@H]2O)(c2ccccc2)c2ccccc2)cc1. The van der Waals surface area contributed by atoms with Gasteiger partial charge in [0, 0.05) is 24.7 Å². The number of rotatable bonds is 8. The van der Waals surface area contributed by atoms with Gasteiger partial charge in [0.15, 0.2) is 0 Å². The second kappa shape index (κ2) is 10.8. The van der Waals surface area contributed by atoms with Crippen LogP contribution in [0.5, 0.6) is 5.75 Å². The molecule has 38 heavy (non-hydrogen) atoms. The van der Waals surface area contributed by atoms with Gasteiger partial charge in [-0.05, 0) is 35.7 Å². The number of nitrogens with zero attached hydrogens (tertiary/aromatic N) is 1. The monoisotopic (exact) mass is 513 g/mol. The number of aromatic nitrogens is 2. The molecular formula is C30H31N3O5. The van der Waals surface area contributed by atoms with Crippen LogP contribution in [-0.2, 0) is 10.3 Å². The maximum absolute atomic E-state index is 12.4. The molecular weight excluding hydrogens is 482 g/mol. The molecule has 0 radical (unpaired) electrons. The molecule has 3 N–H and O–H groups in total. The smallest absolute Gasteiger partial charge is 0.330 e. The predicted octanol–water partition coefficient (Wildman–Crippen LogP) is 3.08. The fraction of sp³-hybridized carbons (Fsp3) is 0.267. The van der Waals surface area contributed by atoms with E-state index in [-0.39, 0.29) is 6.42 Å². The summed E-state index contributed by atoms with van der Waals surface area (Å²) in [4.78, 5) is 26.6. The number of benzene rings is 3. The number of aliphatic hydroxyl groups excluding tert-OH is 1. The van der Waals surface area contributed by atoms with Crippen LogP contribution >= 0.6 is 0 Å². The Morgan fingerprint density at radius 1 is 0.974 bits per heavy atom. The Kier molecular flexibility index (Phi) is 7.28. The standard InChI is InChI=1S/C30H31N3O5/c1-20-19-33(29(36)32-28(20)35)27-17-25(34)26(38-27)18-31-30(21-9-5-3-6-10-21,22-11-7-4-8-12-22)23-13-15-24(37-2)16-14-23/h3-16,19,25-27,31,34H,17-18H2,1-2H3,(H,32,35,36)/t25-,26-,27-/m1/s1. The number of hydrogen-bond acceptors (Lipinski definition) is 6. The first-order chi connectivity index (χ1) is 18.4. The van der Waals surface area contributed by atoms with E-state index in [0.717, 1.165) is 22.4 Å². The van der Waals surface area contributed by atoms with Gasteiger partial charge in [-0.1, -0.05) is 72.8 Å². The molecule has 8 nitrogen and oxygen atoms in total. The predicted molar refractivity (Wildman–Crippen MR) is 144 cm³/mol. The number of aryl methyl sites for hydroxylation is 1. The third-order valence-corrected chi connectivity index (χ3v) is 7.17. The highest BCUT2D eigenvalue weighted by molar-refractivity contribution is 5.50. The first-order valence-corrected chi connectivity index (χ1v) is 12.6. The molecule has 196 valence electrons. The maximum atomic E-state index is 12.4. The van der Waals surface area contributed by atoms with E-state index in [1.807, 2.05) is 60.7 Å². The summed E-state index contributed by atoms with van der Waals surface area (Å²) in [5.74, 6) is 0.753. The van der Waals surface area contributed by atoms with Crippen molar-refractivity contribution in [2.45, 2.75) is 37.3 Å². The van der Waals surface area contributed by atoms with Crippen LogP contribution in [0.4, 0.5) is 0 Å². The van der Waals surface area contributed by atoms with Crippen molar-refractivity contribution in [2.24, 2.45) is 0 Å². The fourth-order valence-electron chi connectivity index (χ4n) is 5.15. The van der Waals surface area contributed by atoms with Gasteiger partial charge in [0.05, 0.1) is 24.9 Å². The highest BCUT2D eigenvalue weighted by atomic mass is 16.5. The van der Waals surface area contributed by atoms with Gasteiger partial charge < -0.3 is 14.6 Å². The number of aromatic amines is 1. The highest BCUT2D eigenvalue weighted by Crippen LogP contribution is 2.38. The molecule has 1 aliphatic rings. The summed E-state index contributed by atoms with van der Waals surface area (Å²) in [6, 6.07) is 28.2. The summed E-state index contributed by atoms with van der Waals surface area (Å²) in [5.41, 5.74) is 1.68. The van der Waals surface area contributed by atoms with Crippen molar-refractivity contribution in [2.75, 3.05) is 13.7 Å². The van der Waals surface area contributed by atoms with Crippen molar-refractivity contribution < 1.29 is 14.6 Å². The molecule has 0 bridgehead atoms. The van der Waals surface area contributed by atoms with Gasteiger partial charge in [-0.15, -0.1) is 0 Å². The van der Waals surface area contributed by atoms with Crippen LogP contribution in [0, 0.1) is 6.92 Å². The summed E-state index contributed by atoms with van der Waals surface area (Å²) in [7, 11) is 1.64. The summed E-state index contributed by atoms with van der Waals surface area (Å²) < 4.78 is 12.9. The quantitative estimate of drug-likeness (QED) is 0.313. The molecule has 4 aromatic rings. The van der Waals surface area contributed by atoms with Crippen LogP contribution in [0.2, 0.25) is 0 Å². The van der Waals surface area contributed by atoms with Gasteiger partial charge in [0.1, 0.15) is 12.0 Å². The van der Waals surface area contributed by atoms with Gasteiger partial charge in [0.2, 0.25) is 0 Å². The van der Waals surface area contributed by atoms with Crippen molar-refractivity contribution in [3.05, 3.63) is 134 Å². The van der Waals surface area contributed by atoms with Crippen LogP contribution in [-0.4, -0.2) is 40.5 Å². The molecule has 1 saturated heterocycles. The van der Waals surface area contributed by atoms with Gasteiger partial charge in [-0.25, -0.2) is 4.79 Å². The van der Waals surface area contributed by atoms with Crippen LogP contribution in [0.15, 0.2) is 101 Å². The van der Waals surface area contributed by atoms with E-state index >= 15 is 0 Å². The Labute approximate surface area is 220 Å². The molecule has 5 rings (SSSR count). The molecule has 2 heterocycles. The molecule has 0 aliphatic carbocycles. The highest BCUT2D eigenvalue weighted by Gasteiger charge is 2.40. The molecule has 1 aromatic heterocycles. The maximum Gasteiger partial charge on any atom is 0.330 e. The van der Waals surface area contributed by atoms with E-state index < -0.39 is 35.2 Å². The molecule has 3 aromatic carbocycles. The molecule has 0 unspecified atom stereocenters. The number of nitrogens with one attached hydrogen (secondary N) is 2. The lowest BCUT2D eigenvalue weighted by Gasteiger charge is -2.38. The van der Waals surface area contributed by atoms with Crippen molar-refractivity contribution in [1.29, 1.82) is 0 Å². The zero-order valence-corrected chi connectivity index (χ0v) is 21.3. The van der Waals surface area contributed by atoms with Crippen molar-refractivity contribution in [3.8, 4) is 5.75 Å². The Morgan fingerprint density at radius 3 is 2.13 bits per heavy atom. The summed E-state index contributed by atoms with van der Waals surface area (Å²) >= 11 is 0. The zero-order valence-electron chi connectivity index (χ0n) is 21.3. The van der Waals surface area contributed by atoms with Crippen LogP contribution in [0.3, 0.4) is 0 Å². The molecule has 0 amide bonds. The van der Waals surface area contributed by atoms with Crippen LogP contribution in [0.25, 0.3) is 0 Å². The number of ether oxygens (including phenoxy) is 2. The van der Waals surface area contributed by atoms with Crippen molar-refractivity contribution in [1.82, 2.24) is 14.9 Å². The number of H-pyrrole nitrogens is 1.